The highest BCUT2D eigenvalue weighted by atomic mass is 35.5. The van der Waals surface area contributed by atoms with Gasteiger partial charge >= 0.3 is 0 Å². The van der Waals surface area contributed by atoms with Gasteiger partial charge in [-0.2, -0.15) is 0 Å². The first-order valence-electron chi connectivity index (χ1n) is 10.6. The Bertz CT molecular complexity index is 1230. The summed E-state index contributed by atoms with van der Waals surface area (Å²) >= 11 is 6.18. The minimum Gasteiger partial charge on any atom is -0.454 e. The minimum atomic E-state index is -3.77. The van der Waals surface area contributed by atoms with Gasteiger partial charge in [0, 0.05) is 44.7 Å². The number of sulfonamides is 1. The summed E-state index contributed by atoms with van der Waals surface area (Å²) in [5.74, 6) is 0.475. The molecule has 174 valence electrons. The second-order valence-electron chi connectivity index (χ2n) is 8.15. The molecule has 2 aromatic rings. The molecule has 3 aliphatic heterocycles. The minimum absolute atomic E-state index is 0.0338. The number of carbonyl (C=O) groups excluding carboxylic acids is 2. The molecule has 2 amide bonds. The van der Waals surface area contributed by atoms with Crippen molar-refractivity contribution >= 4 is 39.1 Å². The van der Waals surface area contributed by atoms with Crippen LogP contribution >= 0.6 is 11.6 Å². The van der Waals surface area contributed by atoms with E-state index in [1.165, 1.54) is 12.1 Å². The first-order chi connectivity index (χ1) is 15.8. The number of fused-ring (bicyclic) bond motifs is 1. The van der Waals surface area contributed by atoms with E-state index in [-0.39, 0.29) is 35.6 Å². The topological polar surface area (TPSA) is 96.5 Å². The first kappa shape index (κ1) is 22.0. The number of halogens is 1. The van der Waals surface area contributed by atoms with Crippen LogP contribution in [0.15, 0.2) is 36.4 Å². The Morgan fingerprint density at radius 1 is 1.00 bits per heavy atom. The Balaban J connectivity index is 1.25. The molecule has 5 rings (SSSR count). The van der Waals surface area contributed by atoms with Gasteiger partial charge in [0.05, 0.1) is 16.5 Å². The summed E-state index contributed by atoms with van der Waals surface area (Å²) in [5.41, 5.74) is 1.44. The molecule has 0 atom stereocenters. The van der Waals surface area contributed by atoms with E-state index in [0.29, 0.717) is 31.7 Å². The van der Waals surface area contributed by atoms with Crippen LogP contribution in [0.4, 0.5) is 5.69 Å². The number of piperazine rings is 1. The van der Waals surface area contributed by atoms with Gasteiger partial charge in [-0.1, -0.05) is 17.7 Å². The number of amides is 2. The second kappa shape index (κ2) is 8.51. The third-order valence-electron chi connectivity index (χ3n) is 5.99. The Labute approximate surface area is 196 Å². The van der Waals surface area contributed by atoms with E-state index in [4.69, 9.17) is 21.1 Å². The smallest absolute Gasteiger partial charge is 0.254 e. The lowest BCUT2D eigenvalue weighted by Crippen LogP contribution is -2.48. The molecule has 0 aliphatic carbocycles. The molecule has 2 saturated heterocycles. The molecule has 0 saturated carbocycles. The Hall–Kier alpha value is -2.82. The number of carbonyl (C=O) groups is 2. The van der Waals surface area contributed by atoms with E-state index in [1.807, 2.05) is 18.2 Å². The van der Waals surface area contributed by atoms with Gasteiger partial charge in [-0.25, -0.2) is 12.7 Å². The summed E-state index contributed by atoms with van der Waals surface area (Å²) in [4.78, 5) is 29.2. The van der Waals surface area contributed by atoms with E-state index in [9.17, 15) is 18.0 Å². The van der Waals surface area contributed by atoms with Crippen LogP contribution in [0.25, 0.3) is 0 Å². The van der Waals surface area contributed by atoms with Crippen molar-refractivity contribution in [1.29, 1.82) is 0 Å². The number of benzene rings is 2. The van der Waals surface area contributed by atoms with E-state index in [2.05, 4.69) is 4.90 Å². The average Bonchev–Trinajstić information content (AvgIpc) is 3.37. The van der Waals surface area contributed by atoms with Crippen LogP contribution in [-0.2, 0) is 21.4 Å². The summed E-state index contributed by atoms with van der Waals surface area (Å²) in [6.45, 7) is 3.42. The molecule has 3 aliphatic rings. The fourth-order valence-corrected chi connectivity index (χ4v) is 5.96. The lowest BCUT2D eigenvalue weighted by Gasteiger charge is -2.35. The summed E-state index contributed by atoms with van der Waals surface area (Å²) in [5, 5.41) is 0.110. The number of hydrogen-bond donors (Lipinski definition) is 0. The highest BCUT2D eigenvalue weighted by molar-refractivity contribution is 7.94. The number of ether oxygens (including phenoxy) is 2. The Morgan fingerprint density at radius 2 is 1.76 bits per heavy atom. The maximum Gasteiger partial charge on any atom is 0.254 e. The molecular weight excluding hydrogens is 470 g/mol. The molecule has 33 heavy (non-hydrogen) atoms. The zero-order valence-corrected chi connectivity index (χ0v) is 19.3. The number of nitrogens with zero attached hydrogens (tertiary/aromatic N) is 3. The number of rotatable bonds is 4. The summed E-state index contributed by atoms with van der Waals surface area (Å²) in [6, 6.07) is 10.3. The van der Waals surface area contributed by atoms with Gasteiger partial charge < -0.3 is 14.4 Å². The van der Waals surface area contributed by atoms with Crippen molar-refractivity contribution in [2.45, 2.75) is 13.0 Å². The molecule has 0 N–H and O–H groups in total. The predicted molar refractivity (Wildman–Crippen MR) is 121 cm³/mol. The van der Waals surface area contributed by atoms with Crippen LogP contribution in [0, 0.1) is 0 Å². The van der Waals surface area contributed by atoms with Gasteiger partial charge in [0.1, 0.15) is 0 Å². The van der Waals surface area contributed by atoms with Crippen molar-refractivity contribution in [3.8, 4) is 11.5 Å². The standard InChI is InChI=1S/C22H22ClN3O6S/c23-17-3-2-16(12-18(17)26-21(27)5-10-33(26,29)30)22(28)25-8-6-24(7-9-25)13-15-1-4-19-20(11-15)32-14-31-19/h1-4,11-12H,5-10,13-14H2. The zero-order valence-electron chi connectivity index (χ0n) is 17.7. The quantitative estimate of drug-likeness (QED) is 0.646. The molecular formula is C22H22ClN3O6S. The molecule has 0 unspecified atom stereocenters. The van der Waals surface area contributed by atoms with Gasteiger partial charge in [0.15, 0.2) is 11.5 Å². The van der Waals surface area contributed by atoms with Gasteiger partial charge in [-0.15, -0.1) is 0 Å². The van der Waals surface area contributed by atoms with Crippen LogP contribution in [0.1, 0.15) is 22.3 Å². The highest BCUT2D eigenvalue weighted by Gasteiger charge is 2.38. The summed E-state index contributed by atoms with van der Waals surface area (Å²) in [7, 11) is -3.77. The zero-order chi connectivity index (χ0) is 23.2. The lowest BCUT2D eigenvalue weighted by atomic mass is 10.1. The molecule has 0 bridgehead atoms. The van der Waals surface area contributed by atoms with E-state index in [1.54, 1.807) is 11.0 Å². The second-order valence-corrected chi connectivity index (χ2v) is 10.5. The maximum atomic E-state index is 13.1. The maximum absolute atomic E-state index is 13.1. The van der Waals surface area contributed by atoms with Crippen molar-refractivity contribution in [2.75, 3.05) is 43.0 Å². The van der Waals surface area contributed by atoms with Crippen LogP contribution < -0.4 is 13.8 Å². The first-order valence-corrected chi connectivity index (χ1v) is 12.6. The summed E-state index contributed by atoms with van der Waals surface area (Å²) in [6.07, 6.45) is -0.0951. The van der Waals surface area contributed by atoms with E-state index < -0.39 is 15.9 Å². The van der Waals surface area contributed by atoms with Crippen molar-refractivity contribution in [2.24, 2.45) is 0 Å². The average molecular weight is 492 g/mol. The molecule has 11 heteroatoms. The third kappa shape index (κ3) is 4.25. The van der Waals surface area contributed by atoms with Crippen molar-refractivity contribution in [3.63, 3.8) is 0 Å². The molecule has 0 radical (unpaired) electrons. The monoisotopic (exact) mass is 491 g/mol. The lowest BCUT2D eigenvalue weighted by molar-refractivity contribution is -0.116. The van der Waals surface area contributed by atoms with Gasteiger partial charge in [0.25, 0.3) is 5.91 Å². The van der Waals surface area contributed by atoms with Crippen LogP contribution in [0.2, 0.25) is 5.02 Å². The van der Waals surface area contributed by atoms with Gasteiger partial charge in [0.2, 0.25) is 22.7 Å². The van der Waals surface area contributed by atoms with Crippen LogP contribution in [0.3, 0.4) is 0 Å². The van der Waals surface area contributed by atoms with Crippen LogP contribution in [-0.4, -0.2) is 68.8 Å². The van der Waals surface area contributed by atoms with E-state index >= 15 is 0 Å². The molecule has 9 nitrogen and oxygen atoms in total. The molecule has 0 spiro atoms. The van der Waals surface area contributed by atoms with Crippen molar-refractivity contribution < 1.29 is 27.5 Å². The Morgan fingerprint density at radius 3 is 2.48 bits per heavy atom. The molecule has 0 aromatic heterocycles. The predicted octanol–water partition coefficient (Wildman–Crippen LogP) is 2.09. The molecule has 2 aromatic carbocycles. The Kier molecular flexibility index (Phi) is 5.67. The summed E-state index contributed by atoms with van der Waals surface area (Å²) < 4.78 is 36.1. The van der Waals surface area contributed by atoms with Gasteiger partial charge in [-0.05, 0) is 35.9 Å². The number of hydrogen-bond acceptors (Lipinski definition) is 7. The largest absolute Gasteiger partial charge is 0.454 e. The van der Waals surface area contributed by atoms with E-state index in [0.717, 1.165) is 27.9 Å². The fourth-order valence-electron chi connectivity index (χ4n) is 4.24. The van der Waals surface area contributed by atoms with Gasteiger partial charge in [-0.3, -0.25) is 14.5 Å². The SMILES string of the molecule is O=C(c1ccc(Cl)c(N2C(=O)CCS2(=O)=O)c1)N1CCN(Cc2ccc3c(c2)OCO3)CC1. The van der Waals surface area contributed by atoms with Crippen LogP contribution in [0.5, 0.6) is 11.5 Å². The fraction of sp³-hybridized carbons (Fsp3) is 0.364. The molecule has 3 heterocycles. The molecule has 2 fully saturated rings. The van der Waals surface area contributed by atoms with Crippen molar-refractivity contribution in [3.05, 3.63) is 52.5 Å². The third-order valence-corrected chi connectivity index (χ3v) is 7.99. The number of anilines is 1. The van der Waals surface area contributed by atoms with Crippen molar-refractivity contribution in [1.82, 2.24) is 9.80 Å². The normalized spacial score (nSPS) is 19.8. The highest BCUT2D eigenvalue weighted by Crippen LogP contribution is 2.34.